The SMILES string of the molecule is CCCCC/C=C\C/C=C\CCCCCCCCC(O)C(=O)NC(CO)C(O)C(O)CCC/C=C/CCCCCCCCCCCCCCCCCCCCC. The fourth-order valence-corrected chi connectivity index (χ4v) is 7.44. The first-order chi connectivity index (χ1) is 27.5. The van der Waals surface area contributed by atoms with Crippen LogP contribution in [0.5, 0.6) is 0 Å². The van der Waals surface area contributed by atoms with E-state index in [0.29, 0.717) is 12.8 Å². The Morgan fingerprint density at radius 1 is 0.446 bits per heavy atom. The quantitative estimate of drug-likeness (QED) is 0.0312. The molecule has 0 fully saturated rings. The molecule has 0 heterocycles. The lowest BCUT2D eigenvalue weighted by atomic mass is 10.00. The second-order valence-corrected chi connectivity index (χ2v) is 16.8. The zero-order chi connectivity index (χ0) is 41.0. The minimum Gasteiger partial charge on any atom is -0.394 e. The Morgan fingerprint density at radius 2 is 0.786 bits per heavy atom. The molecule has 4 unspecified atom stereocenters. The number of nitrogens with one attached hydrogen (secondary N) is 1. The molecule has 0 radical (unpaired) electrons. The molecule has 0 aliphatic carbocycles. The van der Waals surface area contributed by atoms with Crippen LogP contribution in [0.2, 0.25) is 0 Å². The topological polar surface area (TPSA) is 110 Å². The second kappa shape index (κ2) is 44.6. The van der Waals surface area contributed by atoms with Crippen molar-refractivity contribution in [1.29, 1.82) is 0 Å². The molecule has 0 aliphatic rings. The summed E-state index contributed by atoms with van der Waals surface area (Å²) >= 11 is 0. The molecule has 0 spiro atoms. The van der Waals surface area contributed by atoms with Crippen LogP contribution in [0, 0.1) is 0 Å². The van der Waals surface area contributed by atoms with Crippen molar-refractivity contribution >= 4 is 5.91 Å². The average Bonchev–Trinajstić information content (AvgIpc) is 3.20. The van der Waals surface area contributed by atoms with Crippen LogP contribution in [0.4, 0.5) is 0 Å². The molecule has 0 rings (SSSR count). The van der Waals surface area contributed by atoms with Gasteiger partial charge in [0.05, 0.1) is 18.8 Å². The predicted molar refractivity (Wildman–Crippen MR) is 242 cm³/mol. The van der Waals surface area contributed by atoms with Gasteiger partial charge in [0.15, 0.2) is 0 Å². The van der Waals surface area contributed by atoms with E-state index in [2.05, 4.69) is 55.6 Å². The molecular formula is C50H95NO5. The molecule has 6 nitrogen and oxygen atoms in total. The maximum absolute atomic E-state index is 12.5. The summed E-state index contributed by atoms with van der Waals surface area (Å²) in [6, 6.07) is -1.01. The van der Waals surface area contributed by atoms with Crippen molar-refractivity contribution in [3.05, 3.63) is 36.5 Å². The summed E-state index contributed by atoms with van der Waals surface area (Å²) in [5.74, 6) is -0.601. The van der Waals surface area contributed by atoms with Gasteiger partial charge in [-0.3, -0.25) is 4.79 Å². The normalized spacial score (nSPS) is 14.3. The van der Waals surface area contributed by atoms with Crippen LogP contribution in [-0.2, 0) is 4.79 Å². The van der Waals surface area contributed by atoms with Crippen LogP contribution >= 0.6 is 0 Å². The Balaban J connectivity index is 3.72. The van der Waals surface area contributed by atoms with Crippen LogP contribution in [0.1, 0.15) is 245 Å². The van der Waals surface area contributed by atoms with Gasteiger partial charge in [-0.2, -0.15) is 0 Å². The van der Waals surface area contributed by atoms with E-state index < -0.39 is 36.9 Å². The molecule has 56 heavy (non-hydrogen) atoms. The van der Waals surface area contributed by atoms with Gasteiger partial charge in [0.25, 0.3) is 0 Å². The van der Waals surface area contributed by atoms with Crippen LogP contribution in [0.3, 0.4) is 0 Å². The molecule has 0 aromatic carbocycles. The number of carbonyl (C=O) groups excluding carboxylic acids is 1. The summed E-state index contributed by atoms with van der Waals surface area (Å²) in [5.41, 5.74) is 0. The highest BCUT2D eigenvalue weighted by atomic mass is 16.3. The summed E-state index contributed by atoms with van der Waals surface area (Å²) in [7, 11) is 0. The van der Waals surface area contributed by atoms with Crippen molar-refractivity contribution in [2.24, 2.45) is 0 Å². The fraction of sp³-hybridized carbons (Fsp3) is 0.860. The molecule has 330 valence electrons. The van der Waals surface area contributed by atoms with Crippen LogP contribution < -0.4 is 5.32 Å². The third kappa shape index (κ3) is 38.1. The number of amides is 1. The van der Waals surface area contributed by atoms with Gasteiger partial charge in [0.2, 0.25) is 5.91 Å². The van der Waals surface area contributed by atoms with Crippen molar-refractivity contribution in [3.63, 3.8) is 0 Å². The minimum atomic E-state index is -1.29. The largest absolute Gasteiger partial charge is 0.394 e. The molecule has 0 aliphatic heterocycles. The number of allylic oxidation sites excluding steroid dienone is 6. The van der Waals surface area contributed by atoms with E-state index in [1.165, 1.54) is 161 Å². The lowest BCUT2D eigenvalue weighted by Gasteiger charge is -2.27. The van der Waals surface area contributed by atoms with E-state index in [4.69, 9.17) is 0 Å². The Morgan fingerprint density at radius 3 is 1.21 bits per heavy atom. The van der Waals surface area contributed by atoms with Gasteiger partial charge in [-0.25, -0.2) is 0 Å². The molecule has 0 aromatic heterocycles. The minimum absolute atomic E-state index is 0.350. The zero-order valence-electron chi connectivity index (χ0n) is 37.1. The number of hydrogen-bond acceptors (Lipinski definition) is 5. The average molecular weight is 790 g/mol. The first-order valence-corrected chi connectivity index (χ1v) is 24.4. The molecule has 6 heteroatoms. The fourth-order valence-electron chi connectivity index (χ4n) is 7.44. The van der Waals surface area contributed by atoms with Gasteiger partial charge >= 0.3 is 0 Å². The van der Waals surface area contributed by atoms with Crippen molar-refractivity contribution in [2.45, 2.75) is 269 Å². The van der Waals surface area contributed by atoms with Crippen molar-refractivity contribution < 1.29 is 25.2 Å². The molecule has 0 bridgehead atoms. The van der Waals surface area contributed by atoms with Crippen molar-refractivity contribution in [1.82, 2.24) is 5.32 Å². The van der Waals surface area contributed by atoms with Gasteiger partial charge in [-0.05, 0) is 70.6 Å². The van der Waals surface area contributed by atoms with E-state index in [1.54, 1.807) is 0 Å². The van der Waals surface area contributed by atoms with Crippen LogP contribution in [0.25, 0.3) is 0 Å². The predicted octanol–water partition coefficient (Wildman–Crippen LogP) is 13.3. The lowest BCUT2D eigenvalue weighted by molar-refractivity contribution is -0.132. The number of hydrogen-bond donors (Lipinski definition) is 5. The number of carbonyl (C=O) groups is 1. The molecule has 0 saturated heterocycles. The second-order valence-electron chi connectivity index (χ2n) is 16.8. The number of rotatable bonds is 44. The van der Waals surface area contributed by atoms with Gasteiger partial charge in [0.1, 0.15) is 12.2 Å². The molecule has 1 amide bonds. The highest BCUT2D eigenvalue weighted by Gasteiger charge is 2.28. The molecule has 5 N–H and O–H groups in total. The third-order valence-corrected chi connectivity index (χ3v) is 11.3. The Bertz CT molecular complexity index is 889. The molecule has 0 saturated carbocycles. The highest BCUT2D eigenvalue weighted by Crippen LogP contribution is 2.16. The van der Waals surface area contributed by atoms with Crippen molar-refractivity contribution in [3.8, 4) is 0 Å². The van der Waals surface area contributed by atoms with E-state index in [9.17, 15) is 25.2 Å². The first-order valence-electron chi connectivity index (χ1n) is 24.4. The van der Waals surface area contributed by atoms with E-state index in [-0.39, 0.29) is 0 Å². The van der Waals surface area contributed by atoms with Crippen LogP contribution in [-0.4, -0.2) is 57.3 Å². The van der Waals surface area contributed by atoms with E-state index in [1.807, 2.05) is 0 Å². The van der Waals surface area contributed by atoms with Gasteiger partial charge in [-0.15, -0.1) is 0 Å². The Hall–Kier alpha value is -1.47. The third-order valence-electron chi connectivity index (χ3n) is 11.3. The summed E-state index contributed by atoms with van der Waals surface area (Å²) in [4.78, 5) is 12.5. The number of aliphatic hydroxyl groups excluding tert-OH is 4. The van der Waals surface area contributed by atoms with Gasteiger partial charge in [-0.1, -0.05) is 211 Å². The zero-order valence-corrected chi connectivity index (χ0v) is 37.1. The van der Waals surface area contributed by atoms with Gasteiger partial charge in [0, 0.05) is 0 Å². The monoisotopic (exact) mass is 790 g/mol. The maximum atomic E-state index is 12.5. The molecule has 4 atom stereocenters. The first kappa shape index (κ1) is 54.5. The summed E-state index contributed by atoms with van der Waals surface area (Å²) in [5, 5.41) is 43.8. The Labute approximate surface area is 347 Å². The summed E-state index contributed by atoms with van der Waals surface area (Å²) in [6.07, 6.45) is 53.3. The number of aliphatic hydroxyl groups is 4. The highest BCUT2D eigenvalue weighted by molar-refractivity contribution is 5.80. The smallest absolute Gasteiger partial charge is 0.249 e. The summed E-state index contributed by atoms with van der Waals surface area (Å²) in [6.45, 7) is 4.02. The molecular weight excluding hydrogens is 695 g/mol. The number of unbranched alkanes of at least 4 members (excludes halogenated alkanes) is 29. The van der Waals surface area contributed by atoms with Gasteiger partial charge < -0.3 is 25.7 Å². The maximum Gasteiger partial charge on any atom is 0.249 e. The standard InChI is InChI=1S/C50H95NO5/c1-3-5-7-9-11-13-15-17-19-21-22-23-24-25-26-27-28-30-31-33-35-37-39-41-43-47(53)49(55)46(45-52)51-50(56)48(54)44-42-40-38-36-34-32-29-20-18-16-14-12-10-8-6-4-2/h12,14,18,20,35,37,46-49,52-55H,3-11,13,15-17,19,21-34,36,38-45H2,1-2H3,(H,51,56)/b14-12-,20-18-,37-35+. The van der Waals surface area contributed by atoms with Crippen molar-refractivity contribution in [2.75, 3.05) is 6.61 Å². The Kier molecular flexibility index (Phi) is 43.5. The van der Waals surface area contributed by atoms with Crippen LogP contribution in [0.15, 0.2) is 36.5 Å². The summed E-state index contributed by atoms with van der Waals surface area (Å²) < 4.78 is 0. The molecule has 0 aromatic rings. The lowest BCUT2D eigenvalue weighted by Crippen LogP contribution is -2.53. The van der Waals surface area contributed by atoms with E-state index in [0.717, 1.165) is 57.8 Å². The van der Waals surface area contributed by atoms with E-state index >= 15 is 0 Å².